The summed E-state index contributed by atoms with van der Waals surface area (Å²) in [6.45, 7) is 1.75. The molecule has 10 nitrogen and oxygen atoms in total. The van der Waals surface area contributed by atoms with Gasteiger partial charge in [-0.3, -0.25) is 19.0 Å². The Balaban J connectivity index is 1.13. The highest BCUT2D eigenvalue weighted by Crippen LogP contribution is 2.34. The number of hydrogen-bond acceptors (Lipinski definition) is 6. The van der Waals surface area contributed by atoms with Gasteiger partial charge >= 0.3 is 0 Å². The normalized spacial score (nSPS) is 23.1. The van der Waals surface area contributed by atoms with Crippen LogP contribution in [-0.4, -0.2) is 79.2 Å². The minimum absolute atomic E-state index is 0.00124. The summed E-state index contributed by atoms with van der Waals surface area (Å²) < 4.78 is 8.57. The smallest absolute Gasteiger partial charge is 0.262 e. The fourth-order valence-electron chi connectivity index (χ4n) is 6.76. The molecule has 0 spiro atoms. The number of fused-ring (bicyclic) bond motifs is 1. The number of piperidine rings is 1. The summed E-state index contributed by atoms with van der Waals surface area (Å²) in [5.74, 6) is 0.863. The second kappa shape index (κ2) is 10.7. The van der Waals surface area contributed by atoms with Crippen LogP contribution in [0.4, 0.5) is 0 Å². The third kappa shape index (κ3) is 4.89. The van der Waals surface area contributed by atoms with Crippen LogP contribution in [0.3, 0.4) is 0 Å². The third-order valence-electron chi connectivity index (χ3n) is 9.05. The first-order chi connectivity index (χ1) is 19.4. The Morgan fingerprint density at radius 3 is 2.50 bits per heavy atom. The Morgan fingerprint density at radius 2 is 1.80 bits per heavy atom. The average molecular weight is 548 g/mol. The van der Waals surface area contributed by atoms with Crippen molar-refractivity contribution in [1.29, 1.82) is 0 Å². The first-order valence-corrected chi connectivity index (χ1v) is 14.4. The summed E-state index contributed by atoms with van der Waals surface area (Å²) >= 11 is 0. The zero-order chi connectivity index (χ0) is 27.9. The predicted molar refractivity (Wildman–Crippen MR) is 149 cm³/mol. The first-order valence-electron chi connectivity index (χ1n) is 14.4. The topological polar surface area (TPSA) is 110 Å². The Morgan fingerprint density at radius 1 is 1.05 bits per heavy atom. The maximum absolute atomic E-state index is 13.6. The van der Waals surface area contributed by atoms with E-state index in [1.54, 1.807) is 13.2 Å². The molecular formula is C30H37N5O5. The van der Waals surface area contributed by atoms with Gasteiger partial charge in [0.15, 0.2) is 5.65 Å². The zero-order valence-corrected chi connectivity index (χ0v) is 23.0. The molecule has 2 aromatic heterocycles. The molecule has 4 heterocycles. The molecule has 212 valence electrons. The summed E-state index contributed by atoms with van der Waals surface area (Å²) in [4.78, 5) is 47.7. The maximum Gasteiger partial charge on any atom is 0.262 e. The lowest BCUT2D eigenvalue weighted by Gasteiger charge is -2.43. The molecule has 1 aromatic carbocycles. The van der Waals surface area contributed by atoms with Crippen molar-refractivity contribution in [3.8, 4) is 11.4 Å². The summed E-state index contributed by atoms with van der Waals surface area (Å²) in [5, 5.41) is 11.9. The number of aliphatic hydroxyl groups is 1. The van der Waals surface area contributed by atoms with Gasteiger partial charge in [-0.25, -0.2) is 4.98 Å². The van der Waals surface area contributed by atoms with Crippen molar-refractivity contribution in [2.45, 2.75) is 69.6 Å². The molecule has 2 saturated heterocycles. The largest absolute Gasteiger partial charge is 0.497 e. The monoisotopic (exact) mass is 547 g/mol. The lowest BCUT2D eigenvalue weighted by molar-refractivity contribution is -0.145. The van der Waals surface area contributed by atoms with Gasteiger partial charge in [-0.1, -0.05) is 12.8 Å². The Labute approximate surface area is 233 Å². The molecule has 2 amide bonds. The van der Waals surface area contributed by atoms with Crippen LogP contribution in [0, 0.1) is 5.92 Å². The fraction of sp³-hybridized carbons (Fsp3) is 0.533. The van der Waals surface area contributed by atoms with E-state index in [0.29, 0.717) is 43.4 Å². The van der Waals surface area contributed by atoms with E-state index in [1.165, 1.54) is 10.9 Å². The molecule has 2 atom stereocenters. The van der Waals surface area contributed by atoms with Crippen LogP contribution in [0.25, 0.3) is 16.7 Å². The minimum Gasteiger partial charge on any atom is -0.497 e. The van der Waals surface area contributed by atoms with E-state index in [9.17, 15) is 19.5 Å². The van der Waals surface area contributed by atoms with Crippen molar-refractivity contribution in [2.75, 3.05) is 26.7 Å². The molecule has 3 fully saturated rings. The maximum atomic E-state index is 13.6. The van der Waals surface area contributed by atoms with Gasteiger partial charge in [0.1, 0.15) is 12.1 Å². The zero-order valence-electron chi connectivity index (χ0n) is 23.0. The Bertz CT molecular complexity index is 1450. The van der Waals surface area contributed by atoms with Crippen molar-refractivity contribution in [3.63, 3.8) is 0 Å². The number of aromatic nitrogens is 3. The number of hydrogen-bond donors (Lipinski definition) is 1. The molecule has 2 aliphatic heterocycles. The van der Waals surface area contributed by atoms with Crippen molar-refractivity contribution in [3.05, 3.63) is 53.2 Å². The summed E-state index contributed by atoms with van der Waals surface area (Å²) in [7, 11) is 1.62. The fourth-order valence-corrected chi connectivity index (χ4v) is 6.76. The average Bonchev–Trinajstić information content (AvgIpc) is 3.61. The minimum atomic E-state index is -1.11. The molecule has 1 saturated carbocycles. The highest BCUT2D eigenvalue weighted by molar-refractivity contribution is 5.83. The van der Waals surface area contributed by atoms with E-state index in [2.05, 4.69) is 4.98 Å². The van der Waals surface area contributed by atoms with Crippen LogP contribution in [0.2, 0.25) is 0 Å². The number of likely N-dealkylation sites (tertiary alicyclic amines) is 2. The molecule has 3 aromatic rings. The second-order valence-corrected chi connectivity index (χ2v) is 11.5. The lowest BCUT2D eigenvalue weighted by atomic mass is 9.81. The van der Waals surface area contributed by atoms with E-state index in [-0.39, 0.29) is 35.9 Å². The molecule has 1 aliphatic carbocycles. The Hall–Kier alpha value is -3.66. The number of carbonyl (C=O) groups excluding carboxylic acids is 2. The van der Waals surface area contributed by atoms with Gasteiger partial charge in [0.05, 0.1) is 30.6 Å². The van der Waals surface area contributed by atoms with Gasteiger partial charge in [-0.2, -0.15) is 0 Å². The summed E-state index contributed by atoms with van der Waals surface area (Å²) in [5.41, 5.74) is 0.109. The quantitative estimate of drug-likeness (QED) is 0.508. The lowest BCUT2D eigenvalue weighted by Crippen LogP contribution is -2.54. The number of ether oxygens (including phenoxy) is 1. The van der Waals surface area contributed by atoms with Gasteiger partial charge in [0, 0.05) is 44.0 Å². The van der Waals surface area contributed by atoms with Crippen molar-refractivity contribution in [1.82, 2.24) is 23.9 Å². The van der Waals surface area contributed by atoms with Crippen molar-refractivity contribution >= 4 is 22.8 Å². The number of methoxy groups -OCH3 is 1. The number of nitrogens with zero attached hydrogens (tertiary/aromatic N) is 5. The van der Waals surface area contributed by atoms with E-state index in [0.717, 1.165) is 50.1 Å². The first kappa shape index (κ1) is 26.6. The van der Waals surface area contributed by atoms with Crippen LogP contribution in [-0.2, 0) is 16.1 Å². The molecule has 1 N–H and O–H groups in total. The molecule has 6 rings (SSSR count). The number of carbonyl (C=O) groups is 2. The van der Waals surface area contributed by atoms with Gasteiger partial charge in [0.2, 0.25) is 11.8 Å². The van der Waals surface area contributed by atoms with Crippen LogP contribution in [0.15, 0.2) is 47.7 Å². The molecule has 0 radical (unpaired) electrons. The molecule has 2 unspecified atom stereocenters. The summed E-state index contributed by atoms with van der Waals surface area (Å²) in [6, 6.07) is 9.27. The molecule has 3 aliphatic rings. The van der Waals surface area contributed by atoms with Crippen LogP contribution in [0.5, 0.6) is 5.75 Å². The van der Waals surface area contributed by atoms with E-state index in [4.69, 9.17) is 4.74 Å². The van der Waals surface area contributed by atoms with E-state index < -0.39 is 5.60 Å². The SMILES string of the molecule is COc1ccc(-n2ccc3c(=O)n(CC4(O)CCN(C(=O)C5CCCCC5N5CCCC5=O)CC4)cnc32)cc1. The highest BCUT2D eigenvalue weighted by atomic mass is 16.5. The molecule has 0 bridgehead atoms. The second-order valence-electron chi connectivity index (χ2n) is 11.5. The highest BCUT2D eigenvalue weighted by Gasteiger charge is 2.42. The van der Waals surface area contributed by atoms with Gasteiger partial charge in [-0.15, -0.1) is 0 Å². The standard InChI is InChI=1S/C30H37N5O5/c1-40-22-10-8-21(9-11-22)34-16-12-24-27(34)31-20-33(29(24)38)19-30(39)13-17-32(18-14-30)28(37)23-5-2-3-6-25(23)35-15-4-7-26(35)36/h8-12,16,20,23,25,39H,2-7,13-15,17-19H2,1H3. The number of amides is 2. The van der Waals surface area contributed by atoms with Gasteiger partial charge < -0.3 is 24.2 Å². The van der Waals surface area contributed by atoms with Crippen LogP contribution < -0.4 is 10.3 Å². The number of rotatable bonds is 6. The van der Waals surface area contributed by atoms with Crippen LogP contribution >= 0.6 is 0 Å². The number of benzene rings is 1. The Kier molecular flexibility index (Phi) is 7.12. The van der Waals surface area contributed by atoms with Crippen molar-refractivity contribution < 1.29 is 19.4 Å². The third-order valence-corrected chi connectivity index (χ3v) is 9.05. The van der Waals surface area contributed by atoms with Crippen molar-refractivity contribution in [2.24, 2.45) is 5.92 Å². The van der Waals surface area contributed by atoms with Gasteiger partial charge in [0.25, 0.3) is 5.56 Å². The molecule has 10 heteroatoms. The predicted octanol–water partition coefficient (Wildman–Crippen LogP) is 2.73. The molecular weight excluding hydrogens is 510 g/mol. The molecule has 40 heavy (non-hydrogen) atoms. The van der Waals surface area contributed by atoms with Crippen LogP contribution in [0.1, 0.15) is 51.4 Å². The summed E-state index contributed by atoms with van der Waals surface area (Å²) in [6.07, 6.45) is 9.30. The van der Waals surface area contributed by atoms with Gasteiger partial charge in [-0.05, 0) is 62.4 Å². The van der Waals surface area contributed by atoms with E-state index in [1.807, 2.05) is 44.8 Å². The van der Waals surface area contributed by atoms with E-state index >= 15 is 0 Å².